The highest BCUT2D eigenvalue weighted by Gasteiger charge is 2.25. The first-order valence-corrected chi connectivity index (χ1v) is 8.85. The van der Waals surface area contributed by atoms with Crippen LogP contribution in [0.3, 0.4) is 0 Å². The molecule has 1 saturated heterocycles. The van der Waals surface area contributed by atoms with Crippen LogP contribution in [0.15, 0.2) is 10.7 Å². The van der Waals surface area contributed by atoms with E-state index in [1.807, 2.05) is 6.20 Å². The van der Waals surface area contributed by atoms with E-state index in [2.05, 4.69) is 25.2 Å². The summed E-state index contributed by atoms with van der Waals surface area (Å²) in [6.45, 7) is 3.34. The van der Waals surface area contributed by atoms with Crippen LogP contribution in [-0.2, 0) is 11.3 Å². The highest BCUT2D eigenvalue weighted by molar-refractivity contribution is 9.10. The first kappa shape index (κ1) is 14.0. The molecule has 0 N–H and O–H groups in total. The van der Waals surface area contributed by atoms with Crippen molar-refractivity contribution in [1.82, 2.24) is 9.27 Å². The Labute approximate surface area is 127 Å². The van der Waals surface area contributed by atoms with E-state index in [1.54, 1.807) is 11.5 Å². The van der Waals surface area contributed by atoms with Gasteiger partial charge in [-0.1, -0.05) is 12.8 Å². The molecule has 0 amide bonds. The monoisotopic (exact) mass is 344 g/mol. The van der Waals surface area contributed by atoms with Gasteiger partial charge >= 0.3 is 0 Å². The van der Waals surface area contributed by atoms with E-state index < -0.39 is 0 Å². The molecule has 3 rings (SSSR count). The molecule has 2 aliphatic rings. The van der Waals surface area contributed by atoms with E-state index in [0.29, 0.717) is 12.2 Å². The molecule has 19 heavy (non-hydrogen) atoms. The van der Waals surface area contributed by atoms with E-state index in [4.69, 9.17) is 4.74 Å². The van der Waals surface area contributed by atoms with Crippen LogP contribution in [0.4, 0.5) is 0 Å². The molecule has 0 unspecified atom stereocenters. The van der Waals surface area contributed by atoms with Crippen LogP contribution in [-0.4, -0.2) is 34.6 Å². The molecule has 0 spiro atoms. The molecule has 1 aromatic rings. The van der Waals surface area contributed by atoms with E-state index in [-0.39, 0.29) is 0 Å². The van der Waals surface area contributed by atoms with Crippen LogP contribution < -0.4 is 0 Å². The number of ether oxygens (including phenoxy) is 1. The normalized spacial score (nSPS) is 23.2. The first-order valence-electron chi connectivity index (χ1n) is 7.28. The van der Waals surface area contributed by atoms with Crippen molar-refractivity contribution in [1.29, 1.82) is 0 Å². The molecular formula is C14H21BrN2OS. The minimum absolute atomic E-state index is 0.504. The predicted molar refractivity (Wildman–Crippen MR) is 81.5 cm³/mol. The fraction of sp³-hybridized carbons (Fsp3) is 0.786. The van der Waals surface area contributed by atoms with Gasteiger partial charge in [0.25, 0.3) is 0 Å². The Morgan fingerprint density at radius 3 is 2.53 bits per heavy atom. The van der Waals surface area contributed by atoms with Crippen molar-refractivity contribution in [3.05, 3.63) is 15.5 Å². The van der Waals surface area contributed by atoms with Crippen LogP contribution in [0.1, 0.15) is 43.4 Å². The second-order valence-corrected chi connectivity index (χ2v) is 7.36. The van der Waals surface area contributed by atoms with Crippen molar-refractivity contribution in [2.75, 3.05) is 13.1 Å². The van der Waals surface area contributed by atoms with Gasteiger partial charge in [-0.15, -0.1) is 0 Å². The molecule has 2 heterocycles. The summed E-state index contributed by atoms with van der Waals surface area (Å²) >= 11 is 5.16. The Hall–Kier alpha value is 0.0300. The molecule has 0 radical (unpaired) electrons. The summed E-state index contributed by atoms with van der Waals surface area (Å²) in [7, 11) is 0. The summed E-state index contributed by atoms with van der Waals surface area (Å²) in [6, 6.07) is 0. The maximum absolute atomic E-state index is 6.21. The number of hydrogen-bond acceptors (Lipinski definition) is 4. The van der Waals surface area contributed by atoms with Gasteiger partial charge in [-0.3, -0.25) is 4.90 Å². The van der Waals surface area contributed by atoms with Crippen LogP contribution in [0.5, 0.6) is 0 Å². The molecule has 1 aromatic heterocycles. The van der Waals surface area contributed by atoms with Gasteiger partial charge in [-0.2, -0.15) is 4.37 Å². The number of halogens is 1. The van der Waals surface area contributed by atoms with E-state index in [1.165, 1.54) is 43.4 Å². The highest BCUT2D eigenvalue weighted by Crippen LogP contribution is 2.27. The molecule has 1 aliphatic heterocycles. The van der Waals surface area contributed by atoms with Gasteiger partial charge in [0.1, 0.15) is 0 Å². The van der Waals surface area contributed by atoms with Gasteiger partial charge in [-0.05, 0) is 53.1 Å². The Balaban J connectivity index is 1.43. The van der Waals surface area contributed by atoms with Crippen LogP contribution in [0, 0.1) is 0 Å². The number of hydrogen-bond donors (Lipinski definition) is 0. The topological polar surface area (TPSA) is 25.4 Å². The third-order valence-corrected chi connectivity index (χ3v) is 5.91. The molecule has 0 bridgehead atoms. The lowest BCUT2D eigenvalue weighted by Gasteiger charge is -2.33. The molecule has 106 valence electrons. The summed E-state index contributed by atoms with van der Waals surface area (Å²) < 4.78 is 11.6. The summed E-state index contributed by atoms with van der Waals surface area (Å²) in [5, 5.41) is 0. The number of rotatable bonds is 4. The zero-order valence-corrected chi connectivity index (χ0v) is 13.6. The average Bonchev–Trinajstić information content (AvgIpc) is 3.05. The smallest absolute Gasteiger partial charge is 0.0603 e. The number of nitrogens with zero attached hydrogens (tertiary/aromatic N) is 2. The average molecular weight is 345 g/mol. The zero-order valence-electron chi connectivity index (χ0n) is 11.2. The maximum atomic E-state index is 6.21. The minimum atomic E-state index is 0.504. The Kier molecular flexibility index (Phi) is 4.90. The van der Waals surface area contributed by atoms with Crippen molar-refractivity contribution in [3.63, 3.8) is 0 Å². The highest BCUT2D eigenvalue weighted by atomic mass is 79.9. The maximum Gasteiger partial charge on any atom is 0.0603 e. The SMILES string of the molecule is Brc1cnsc1CN1CCC(OC2CCCC2)CC1. The van der Waals surface area contributed by atoms with Gasteiger partial charge in [0.2, 0.25) is 0 Å². The Morgan fingerprint density at radius 1 is 1.21 bits per heavy atom. The quantitative estimate of drug-likeness (QED) is 0.829. The first-order chi connectivity index (χ1) is 9.31. The standard InChI is InChI=1S/C14H21BrN2OS/c15-13-9-16-19-14(13)10-17-7-5-12(6-8-17)18-11-3-1-2-4-11/h9,11-12H,1-8,10H2. The number of likely N-dealkylation sites (tertiary alicyclic amines) is 1. The largest absolute Gasteiger partial charge is 0.375 e. The van der Waals surface area contributed by atoms with Crippen molar-refractivity contribution in [2.45, 2.75) is 57.3 Å². The van der Waals surface area contributed by atoms with Gasteiger partial charge in [0.15, 0.2) is 0 Å². The Morgan fingerprint density at radius 2 is 1.89 bits per heavy atom. The van der Waals surface area contributed by atoms with Crippen LogP contribution in [0.25, 0.3) is 0 Å². The third-order valence-electron chi connectivity index (χ3n) is 4.18. The molecule has 2 fully saturated rings. The molecule has 1 aliphatic carbocycles. The fourth-order valence-corrected chi connectivity index (χ4v) is 4.31. The fourth-order valence-electron chi connectivity index (χ4n) is 3.06. The minimum Gasteiger partial charge on any atom is -0.375 e. The van der Waals surface area contributed by atoms with Crippen molar-refractivity contribution < 1.29 is 4.74 Å². The second kappa shape index (κ2) is 6.66. The summed E-state index contributed by atoms with van der Waals surface area (Å²) in [6.07, 6.45) is 10.6. The van der Waals surface area contributed by atoms with Gasteiger partial charge in [-0.25, -0.2) is 0 Å². The molecule has 0 atom stereocenters. The van der Waals surface area contributed by atoms with E-state index in [9.17, 15) is 0 Å². The lowest BCUT2D eigenvalue weighted by molar-refractivity contribution is -0.0399. The van der Waals surface area contributed by atoms with E-state index >= 15 is 0 Å². The van der Waals surface area contributed by atoms with Gasteiger partial charge in [0.05, 0.1) is 27.8 Å². The third kappa shape index (κ3) is 3.78. The summed E-state index contributed by atoms with van der Waals surface area (Å²) in [5.41, 5.74) is 0. The lowest BCUT2D eigenvalue weighted by atomic mass is 10.1. The zero-order chi connectivity index (χ0) is 13.1. The van der Waals surface area contributed by atoms with Gasteiger partial charge in [0, 0.05) is 19.6 Å². The van der Waals surface area contributed by atoms with Crippen molar-refractivity contribution >= 4 is 27.5 Å². The predicted octanol–water partition coefficient (Wildman–Crippen LogP) is 3.83. The van der Waals surface area contributed by atoms with Crippen LogP contribution in [0.2, 0.25) is 0 Å². The molecule has 1 saturated carbocycles. The van der Waals surface area contributed by atoms with Crippen LogP contribution >= 0.6 is 27.5 Å². The molecular weight excluding hydrogens is 324 g/mol. The van der Waals surface area contributed by atoms with Crippen molar-refractivity contribution in [2.24, 2.45) is 0 Å². The molecule has 3 nitrogen and oxygen atoms in total. The second-order valence-electron chi connectivity index (χ2n) is 5.61. The molecule has 0 aromatic carbocycles. The number of piperidine rings is 1. The summed E-state index contributed by atoms with van der Waals surface area (Å²) in [5.74, 6) is 0. The Bertz CT molecular complexity index is 398. The number of aromatic nitrogens is 1. The van der Waals surface area contributed by atoms with Gasteiger partial charge < -0.3 is 4.74 Å². The molecule has 5 heteroatoms. The summed E-state index contributed by atoms with van der Waals surface area (Å²) in [4.78, 5) is 3.86. The van der Waals surface area contributed by atoms with Crippen molar-refractivity contribution in [3.8, 4) is 0 Å². The lowest BCUT2D eigenvalue weighted by Crippen LogP contribution is -2.37. The van der Waals surface area contributed by atoms with E-state index in [0.717, 1.165) is 24.1 Å².